The highest BCUT2D eigenvalue weighted by Crippen LogP contribution is 2.16. The first kappa shape index (κ1) is 17.2. The number of carbonyl (C=O) groups excluding carboxylic acids is 1. The third-order valence-electron chi connectivity index (χ3n) is 3.62. The van der Waals surface area contributed by atoms with Crippen molar-refractivity contribution in [2.24, 2.45) is 0 Å². The van der Waals surface area contributed by atoms with Crippen molar-refractivity contribution in [1.82, 2.24) is 9.62 Å². The topological polar surface area (TPSA) is 99.5 Å². The normalized spacial score (nSPS) is 15.9. The van der Waals surface area contributed by atoms with E-state index in [1.54, 1.807) is 17.9 Å². The number of hydrogen-bond acceptors (Lipinski definition) is 5. The van der Waals surface area contributed by atoms with Gasteiger partial charge in [-0.05, 0) is 38.0 Å². The number of ether oxygens (including phenoxy) is 1. The van der Waals surface area contributed by atoms with E-state index in [4.69, 9.17) is 10.00 Å². The van der Waals surface area contributed by atoms with Gasteiger partial charge in [-0.3, -0.25) is 0 Å². The number of rotatable bonds is 4. The lowest BCUT2D eigenvalue weighted by Gasteiger charge is -2.31. The first-order valence-corrected chi connectivity index (χ1v) is 8.88. The lowest BCUT2D eigenvalue weighted by molar-refractivity contribution is 0.0966. The van der Waals surface area contributed by atoms with Crippen molar-refractivity contribution in [1.29, 1.82) is 5.26 Å². The van der Waals surface area contributed by atoms with Gasteiger partial charge in [-0.2, -0.15) is 5.26 Å². The SMILES string of the molecule is CCOC(=O)N1CCC(NS(=O)(=O)c2cccc(C#N)c2)CC1. The summed E-state index contributed by atoms with van der Waals surface area (Å²) in [7, 11) is -3.68. The lowest BCUT2D eigenvalue weighted by atomic mass is 10.1. The van der Waals surface area contributed by atoms with Crippen LogP contribution in [0.25, 0.3) is 0 Å². The average molecular weight is 337 g/mol. The molecule has 23 heavy (non-hydrogen) atoms. The molecule has 0 unspecified atom stereocenters. The predicted molar refractivity (Wildman–Crippen MR) is 83.1 cm³/mol. The summed E-state index contributed by atoms with van der Waals surface area (Å²) >= 11 is 0. The highest BCUT2D eigenvalue weighted by Gasteiger charge is 2.27. The summed E-state index contributed by atoms with van der Waals surface area (Å²) in [5.41, 5.74) is 0.296. The summed E-state index contributed by atoms with van der Waals surface area (Å²) in [6.45, 7) is 2.96. The molecule has 2 rings (SSSR count). The van der Waals surface area contributed by atoms with Gasteiger partial charge in [-0.15, -0.1) is 0 Å². The standard InChI is InChI=1S/C15H19N3O4S/c1-2-22-15(19)18-8-6-13(7-9-18)17-23(20,21)14-5-3-4-12(10-14)11-16/h3-5,10,13,17H,2,6-9H2,1H3. The molecule has 1 aliphatic rings. The number of piperidine rings is 1. The number of nitrogens with one attached hydrogen (secondary N) is 1. The van der Waals surface area contributed by atoms with E-state index in [0.717, 1.165) is 0 Å². The monoisotopic (exact) mass is 337 g/mol. The van der Waals surface area contributed by atoms with Crippen LogP contribution in [-0.4, -0.2) is 45.1 Å². The fourth-order valence-corrected chi connectivity index (χ4v) is 3.77. The van der Waals surface area contributed by atoms with Crippen LogP contribution < -0.4 is 4.72 Å². The van der Waals surface area contributed by atoms with Crippen molar-refractivity contribution in [2.45, 2.75) is 30.7 Å². The first-order valence-electron chi connectivity index (χ1n) is 7.40. The maximum Gasteiger partial charge on any atom is 0.409 e. The van der Waals surface area contributed by atoms with E-state index in [1.165, 1.54) is 18.2 Å². The fraction of sp³-hybridized carbons (Fsp3) is 0.467. The Bertz CT molecular complexity index is 704. The smallest absolute Gasteiger partial charge is 0.409 e. The molecule has 0 bridgehead atoms. The third kappa shape index (κ3) is 4.43. The summed E-state index contributed by atoms with van der Waals surface area (Å²) < 4.78 is 32.3. The first-order chi connectivity index (χ1) is 11.0. The highest BCUT2D eigenvalue weighted by molar-refractivity contribution is 7.89. The number of carbonyl (C=O) groups is 1. The number of amides is 1. The van der Waals surface area contributed by atoms with Crippen LogP contribution >= 0.6 is 0 Å². The summed E-state index contributed by atoms with van der Waals surface area (Å²) in [5.74, 6) is 0. The third-order valence-corrected chi connectivity index (χ3v) is 5.13. The van der Waals surface area contributed by atoms with E-state index in [-0.39, 0.29) is 17.0 Å². The van der Waals surface area contributed by atoms with Gasteiger partial charge < -0.3 is 9.64 Å². The molecule has 1 aromatic carbocycles. The van der Waals surface area contributed by atoms with E-state index in [1.807, 2.05) is 6.07 Å². The Morgan fingerprint density at radius 1 is 1.43 bits per heavy atom. The minimum atomic E-state index is -3.68. The molecule has 1 aromatic rings. The second-order valence-corrected chi connectivity index (χ2v) is 6.94. The number of likely N-dealkylation sites (tertiary alicyclic amines) is 1. The second kappa shape index (κ2) is 7.44. The van der Waals surface area contributed by atoms with Crippen LogP contribution in [0.2, 0.25) is 0 Å². The molecule has 1 heterocycles. The summed E-state index contributed by atoms with van der Waals surface area (Å²) in [4.78, 5) is 13.3. The Kier molecular flexibility index (Phi) is 5.58. The van der Waals surface area contributed by atoms with Gasteiger partial charge in [-0.25, -0.2) is 17.9 Å². The van der Waals surface area contributed by atoms with Crippen molar-refractivity contribution in [3.63, 3.8) is 0 Å². The number of hydrogen-bond donors (Lipinski definition) is 1. The van der Waals surface area contributed by atoms with E-state index < -0.39 is 10.0 Å². The molecule has 1 fully saturated rings. The molecule has 1 saturated heterocycles. The Hall–Kier alpha value is -2.11. The zero-order valence-electron chi connectivity index (χ0n) is 12.9. The average Bonchev–Trinajstić information content (AvgIpc) is 2.55. The largest absolute Gasteiger partial charge is 0.450 e. The summed E-state index contributed by atoms with van der Waals surface area (Å²) in [5, 5.41) is 8.86. The maximum absolute atomic E-state index is 12.4. The van der Waals surface area contributed by atoms with Gasteiger partial charge in [0.1, 0.15) is 0 Å². The molecule has 1 aliphatic heterocycles. The Morgan fingerprint density at radius 3 is 2.74 bits per heavy atom. The fourth-order valence-electron chi connectivity index (χ4n) is 2.41. The molecule has 1 N–H and O–H groups in total. The second-order valence-electron chi connectivity index (χ2n) is 5.22. The zero-order valence-corrected chi connectivity index (χ0v) is 13.7. The number of nitrogens with zero attached hydrogens (tertiary/aromatic N) is 2. The molecule has 0 radical (unpaired) electrons. The van der Waals surface area contributed by atoms with Crippen molar-refractivity contribution in [3.05, 3.63) is 29.8 Å². The molecule has 0 saturated carbocycles. The minimum absolute atomic E-state index is 0.0735. The molecule has 0 atom stereocenters. The molecule has 0 aliphatic carbocycles. The number of sulfonamides is 1. The van der Waals surface area contributed by atoms with Gasteiger partial charge in [0.25, 0.3) is 0 Å². The number of nitriles is 1. The van der Waals surface area contributed by atoms with Gasteiger partial charge in [0.15, 0.2) is 0 Å². The van der Waals surface area contributed by atoms with Crippen LogP contribution in [0.1, 0.15) is 25.3 Å². The van der Waals surface area contributed by atoms with Crippen LogP contribution in [0.15, 0.2) is 29.2 Å². The van der Waals surface area contributed by atoms with Gasteiger partial charge in [-0.1, -0.05) is 6.07 Å². The Balaban J connectivity index is 1.97. The summed E-state index contributed by atoms with van der Waals surface area (Å²) in [6.07, 6.45) is 0.682. The van der Waals surface area contributed by atoms with Crippen molar-refractivity contribution < 1.29 is 17.9 Å². The van der Waals surface area contributed by atoms with Gasteiger partial charge in [0.05, 0.1) is 23.1 Å². The number of benzene rings is 1. The zero-order chi connectivity index (χ0) is 16.9. The van der Waals surface area contributed by atoms with E-state index in [9.17, 15) is 13.2 Å². The Labute approximate surface area is 135 Å². The molecule has 1 amide bonds. The Morgan fingerprint density at radius 2 is 2.13 bits per heavy atom. The van der Waals surface area contributed by atoms with Crippen LogP contribution in [0.3, 0.4) is 0 Å². The summed E-state index contributed by atoms with van der Waals surface area (Å²) in [6, 6.07) is 7.57. The van der Waals surface area contributed by atoms with E-state index >= 15 is 0 Å². The molecule has 7 nitrogen and oxygen atoms in total. The lowest BCUT2D eigenvalue weighted by Crippen LogP contribution is -2.46. The molecule has 8 heteroatoms. The van der Waals surface area contributed by atoms with Gasteiger partial charge >= 0.3 is 6.09 Å². The maximum atomic E-state index is 12.4. The van der Waals surface area contributed by atoms with Crippen molar-refractivity contribution >= 4 is 16.1 Å². The molecule has 124 valence electrons. The van der Waals surface area contributed by atoms with Crippen LogP contribution in [0.4, 0.5) is 4.79 Å². The van der Waals surface area contributed by atoms with E-state index in [0.29, 0.717) is 38.1 Å². The molecule has 0 aromatic heterocycles. The van der Waals surface area contributed by atoms with Crippen molar-refractivity contribution in [2.75, 3.05) is 19.7 Å². The van der Waals surface area contributed by atoms with Crippen LogP contribution in [0.5, 0.6) is 0 Å². The minimum Gasteiger partial charge on any atom is -0.450 e. The van der Waals surface area contributed by atoms with Gasteiger partial charge in [0.2, 0.25) is 10.0 Å². The molecular formula is C15H19N3O4S. The highest BCUT2D eigenvalue weighted by atomic mass is 32.2. The van der Waals surface area contributed by atoms with Crippen LogP contribution in [-0.2, 0) is 14.8 Å². The molecule has 0 spiro atoms. The van der Waals surface area contributed by atoms with Gasteiger partial charge in [0, 0.05) is 19.1 Å². The van der Waals surface area contributed by atoms with E-state index in [2.05, 4.69) is 4.72 Å². The predicted octanol–water partition coefficient (Wildman–Crippen LogP) is 1.46. The van der Waals surface area contributed by atoms with Crippen molar-refractivity contribution in [3.8, 4) is 6.07 Å². The molecular weight excluding hydrogens is 318 g/mol. The van der Waals surface area contributed by atoms with Crippen LogP contribution in [0, 0.1) is 11.3 Å². The quantitative estimate of drug-likeness (QED) is 0.896.